The number of phenols is 1. The van der Waals surface area contributed by atoms with Gasteiger partial charge in [-0.05, 0) is 0 Å². The van der Waals surface area contributed by atoms with Crippen LogP contribution in [0.25, 0.3) is 0 Å². The molecule has 0 bridgehead atoms. The second-order valence-electron chi connectivity index (χ2n) is 2.14. The number of benzene rings is 1. The van der Waals surface area contributed by atoms with Crippen molar-refractivity contribution in [1.82, 2.24) is 0 Å². The molecule has 2 nitrogen and oxygen atoms in total. The zero-order chi connectivity index (χ0) is 9.30. The zero-order valence-electron chi connectivity index (χ0n) is 5.81. The quantitative estimate of drug-likeness (QED) is 0.699. The van der Waals surface area contributed by atoms with E-state index in [9.17, 15) is 4.39 Å². The van der Waals surface area contributed by atoms with Gasteiger partial charge in [0.1, 0.15) is 0 Å². The molecule has 0 unspecified atom stereocenters. The van der Waals surface area contributed by atoms with Crippen LogP contribution in [-0.4, -0.2) is 10.2 Å². The van der Waals surface area contributed by atoms with E-state index in [1.807, 2.05) is 0 Å². The van der Waals surface area contributed by atoms with Crippen molar-refractivity contribution in [2.24, 2.45) is 0 Å². The third kappa shape index (κ3) is 1.48. The van der Waals surface area contributed by atoms with Gasteiger partial charge in [-0.2, -0.15) is 0 Å². The van der Waals surface area contributed by atoms with Gasteiger partial charge < -0.3 is 10.2 Å². The molecule has 1 aromatic carbocycles. The van der Waals surface area contributed by atoms with Crippen molar-refractivity contribution < 1.29 is 14.6 Å². The molecule has 0 aliphatic heterocycles. The van der Waals surface area contributed by atoms with E-state index in [0.29, 0.717) is 0 Å². The van der Waals surface area contributed by atoms with Crippen LogP contribution in [-0.2, 0) is 6.61 Å². The van der Waals surface area contributed by atoms with E-state index in [0.717, 1.165) is 6.07 Å². The van der Waals surface area contributed by atoms with Gasteiger partial charge in [-0.1, -0.05) is 23.2 Å². The van der Waals surface area contributed by atoms with Gasteiger partial charge in [-0.25, -0.2) is 4.39 Å². The maximum atomic E-state index is 12.8. The lowest BCUT2D eigenvalue weighted by Gasteiger charge is -2.05. The Morgan fingerprint density at radius 1 is 1.42 bits per heavy atom. The minimum absolute atomic E-state index is 0.0430. The second kappa shape index (κ2) is 3.47. The molecular formula is C7H5Cl2FO2. The number of aliphatic hydroxyl groups is 1. The van der Waals surface area contributed by atoms with Crippen molar-refractivity contribution in [3.05, 3.63) is 27.5 Å². The SMILES string of the molecule is OCc1c(Cl)cc(O)c(F)c1Cl. The van der Waals surface area contributed by atoms with E-state index in [-0.39, 0.29) is 15.6 Å². The monoisotopic (exact) mass is 210 g/mol. The predicted octanol–water partition coefficient (Wildman–Crippen LogP) is 2.33. The van der Waals surface area contributed by atoms with Crippen LogP contribution in [0.2, 0.25) is 10.0 Å². The maximum absolute atomic E-state index is 12.8. The third-order valence-corrected chi connectivity index (χ3v) is 2.12. The number of halogens is 3. The summed E-state index contributed by atoms with van der Waals surface area (Å²) >= 11 is 11.0. The lowest BCUT2D eigenvalue weighted by Crippen LogP contribution is -1.90. The van der Waals surface area contributed by atoms with Gasteiger partial charge in [0, 0.05) is 11.6 Å². The highest BCUT2D eigenvalue weighted by molar-refractivity contribution is 6.36. The van der Waals surface area contributed by atoms with Gasteiger partial charge in [0.2, 0.25) is 0 Å². The minimum atomic E-state index is -0.967. The molecule has 0 aromatic heterocycles. The summed E-state index contributed by atoms with van der Waals surface area (Å²) in [6.07, 6.45) is 0. The highest BCUT2D eigenvalue weighted by Crippen LogP contribution is 2.33. The van der Waals surface area contributed by atoms with E-state index in [1.54, 1.807) is 0 Å². The second-order valence-corrected chi connectivity index (χ2v) is 2.93. The van der Waals surface area contributed by atoms with Gasteiger partial charge in [0.25, 0.3) is 0 Å². The first-order chi connectivity index (χ1) is 5.57. The summed E-state index contributed by atoms with van der Waals surface area (Å²) in [5.74, 6) is -1.59. The average molecular weight is 211 g/mol. The molecule has 0 spiro atoms. The smallest absolute Gasteiger partial charge is 0.183 e. The summed E-state index contributed by atoms with van der Waals surface area (Å²) in [6, 6.07) is 0.994. The summed E-state index contributed by atoms with van der Waals surface area (Å²) in [7, 11) is 0. The zero-order valence-corrected chi connectivity index (χ0v) is 7.32. The highest BCUT2D eigenvalue weighted by atomic mass is 35.5. The van der Waals surface area contributed by atoms with Crippen LogP contribution >= 0.6 is 23.2 Å². The number of rotatable bonds is 1. The van der Waals surface area contributed by atoms with Gasteiger partial charge in [-0.15, -0.1) is 0 Å². The third-order valence-electron chi connectivity index (χ3n) is 1.39. The van der Waals surface area contributed by atoms with Crippen molar-refractivity contribution in [3.63, 3.8) is 0 Å². The molecule has 5 heteroatoms. The average Bonchev–Trinajstić information content (AvgIpc) is 2.01. The molecule has 0 fully saturated rings. The lowest BCUT2D eigenvalue weighted by atomic mass is 10.2. The molecule has 12 heavy (non-hydrogen) atoms. The summed E-state index contributed by atoms with van der Waals surface area (Å²) in [5.41, 5.74) is 0.0774. The fraction of sp³-hybridized carbons (Fsp3) is 0.143. The molecule has 66 valence electrons. The predicted molar refractivity (Wildman–Crippen MR) is 44.0 cm³/mol. The first kappa shape index (κ1) is 9.58. The van der Waals surface area contributed by atoms with Crippen molar-refractivity contribution >= 4 is 23.2 Å². The van der Waals surface area contributed by atoms with Crippen molar-refractivity contribution in [3.8, 4) is 5.75 Å². The first-order valence-electron chi connectivity index (χ1n) is 3.04. The molecule has 1 rings (SSSR count). The molecule has 0 amide bonds. The van der Waals surface area contributed by atoms with Crippen molar-refractivity contribution in [2.75, 3.05) is 0 Å². The number of phenolic OH excluding ortho intramolecular Hbond substituents is 1. The van der Waals surface area contributed by atoms with Gasteiger partial charge >= 0.3 is 0 Å². The van der Waals surface area contributed by atoms with Crippen LogP contribution < -0.4 is 0 Å². The van der Waals surface area contributed by atoms with E-state index in [1.165, 1.54) is 0 Å². The Labute approximate surface area is 78.2 Å². The van der Waals surface area contributed by atoms with Crippen LogP contribution in [0, 0.1) is 5.82 Å². The molecule has 0 saturated carbocycles. The fourth-order valence-electron chi connectivity index (χ4n) is 0.765. The Hall–Kier alpha value is -0.510. The minimum Gasteiger partial charge on any atom is -0.505 e. The summed E-state index contributed by atoms with van der Waals surface area (Å²) in [6.45, 7) is -0.463. The maximum Gasteiger partial charge on any atom is 0.183 e. The summed E-state index contributed by atoms with van der Waals surface area (Å²) < 4.78 is 12.8. The van der Waals surface area contributed by atoms with Gasteiger partial charge in [0.15, 0.2) is 11.6 Å². The van der Waals surface area contributed by atoms with Crippen molar-refractivity contribution in [1.29, 1.82) is 0 Å². The van der Waals surface area contributed by atoms with E-state index in [4.69, 9.17) is 33.4 Å². The fourth-order valence-corrected chi connectivity index (χ4v) is 1.33. The standard InChI is InChI=1S/C7H5Cl2FO2/c8-4-1-5(12)7(10)6(9)3(4)2-11/h1,11-12H,2H2. The Bertz CT molecular complexity index is 315. The Kier molecular flexibility index (Phi) is 2.77. The van der Waals surface area contributed by atoms with Crippen LogP contribution in [0.3, 0.4) is 0 Å². The van der Waals surface area contributed by atoms with Crippen LogP contribution in [0.5, 0.6) is 5.75 Å². The van der Waals surface area contributed by atoms with Crippen LogP contribution in [0.4, 0.5) is 4.39 Å². The highest BCUT2D eigenvalue weighted by Gasteiger charge is 2.14. The molecule has 0 heterocycles. The molecular weight excluding hydrogens is 206 g/mol. The normalized spacial score (nSPS) is 10.3. The molecule has 0 aliphatic rings. The number of aliphatic hydroxyl groups excluding tert-OH is 1. The number of hydrogen-bond donors (Lipinski definition) is 2. The van der Waals surface area contributed by atoms with E-state index < -0.39 is 18.2 Å². The van der Waals surface area contributed by atoms with Gasteiger partial charge in [-0.3, -0.25) is 0 Å². The Morgan fingerprint density at radius 3 is 2.50 bits per heavy atom. The largest absolute Gasteiger partial charge is 0.505 e. The number of aromatic hydroxyl groups is 1. The summed E-state index contributed by atoms with van der Waals surface area (Å²) in [4.78, 5) is 0. The lowest BCUT2D eigenvalue weighted by molar-refractivity contribution is 0.281. The van der Waals surface area contributed by atoms with Gasteiger partial charge in [0.05, 0.1) is 16.7 Å². The van der Waals surface area contributed by atoms with E-state index in [2.05, 4.69) is 0 Å². The topological polar surface area (TPSA) is 40.5 Å². The number of hydrogen-bond acceptors (Lipinski definition) is 2. The molecule has 1 aromatic rings. The Morgan fingerprint density at radius 2 is 2.00 bits per heavy atom. The Balaban J connectivity index is 3.40. The molecule has 0 saturated heterocycles. The molecule has 0 radical (unpaired) electrons. The van der Waals surface area contributed by atoms with Crippen molar-refractivity contribution in [2.45, 2.75) is 6.61 Å². The van der Waals surface area contributed by atoms with E-state index >= 15 is 0 Å². The summed E-state index contributed by atoms with van der Waals surface area (Å²) in [5, 5.41) is 17.3. The first-order valence-corrected chi connectivity index (χ1v) is 3.79. The van der Waals surface area contributed by atoms with Crippen LogP contribution in [0.1, 0.15) is 5.56 Å². The molecule has 0 atom stereocenters. The van der Waals surface area contributed by atoms with Crippen LogP contribution in [0.15, 0.2) is 6.07 Å². The molecule has 0 aliphatic carbocycles. The molecule has 2 N–H and O–H groups in total.